The summed E-state index contributed by atoms with van der Waals surface area (Å²) in [5, 5.41) is 2.86. The van der Waals surface area contributed by atoms with Gasteiger partial charge in [-0.25, -0.2) is 4.39 Å². The number of hydrogen-bond donors (Lipinski definition) is 2. The summed E-state index contributed by atoms with van der Waals surface area (Å²) in [6.45, 7) is 1.97. The summed E-state index contributed by atoms with van der Waals surface area (Å²) >= 11 is 0. The highest BCUT2D eigenvalue weighted by Gasteiger charge is 2.24. The number of rotatable bonds is 4. The number of amides is 1. The van der Waals surface area contributed by atoms with E-state index in [0.29, 0.717) is 0 Å². The second-order valence-electron chi connectivity index (χ2n) is 4.83. The Hall–Kier alpha value is -1.58. The Labute approximate surface area is 100 Å². The molecule has 0 bridgehead atoms. The van der Waals surface area contributed by atoms with Crippen LogP contribution in [0.5, 0.6) is 0 Å². The van der Waals surface area contributed by atoms with Crippen LogP contribution in [0, 0.1) is 11.7 Å². The fraction of sp³-hybridized carbons (Fsp3) is 0.462. The number of carbonyl (C=O) groups is 1. The first-order chi connectivity index (χ1) is 8.04. The van der Waals surface area contributed by atoms with Crippen LogP contribution in [0.2, 0.25) is 0 Å². The third-order valence-corrected chi connectivity index (χ3v) is 2.94. The minimum Gasteiger partial charge on any atom is -0.399 e. The highest BCUT2D eigenvalue weighted by atomic mass is 19.1. The van der Waals surface area contributed by atoms with Crippen molar-refractivity contribution >= 4 is 11.6 Å². The minimum atomic E-state index is -0.481. The van der Waals surface area contributed by atoms with Crippen molar-refractivity contribution in [3.05, 3.63) is 29.6 Å². The van der Waals surface area contributed by atoms with Gasteiger partial charge in [-0.3, -0.25) is 4.79 Å². The standard InChI is InChI=1S/C13H17FN2O/c1-8(4-9-2-3-9)16-13(17)10-5-11(14)7-12(15)6-10/h5-9H,2-4,15H2,1H3,(H,16,17). The van der Waals surface area contributed by atoms with Crippen molar-refractivity contribution in [2.24, 2.45) is 5.92 Å². The molecule has 92 valence electrons. The first kappa shape index (κ1) is 11.9. The molecule has 1 saturated carbocycles. The number of carbonyl (C=O) groups excluding carboxylic acids is 1. The second-order valence-corrected chi connectivity index (χ2v) is 4.83. The van der Waals surface area contributed by atoms with Crippen LogP contribution in [0.4, 0.5) is 10.1 Å². The maximum Gasteiger partial charge on any atom is 0.251 e. The molecular weight excluding hydrogens is 219 g/mol. The molecule has 1 amide bonds. The van der Waals surface area contributed by atoms with Crippen LogP contribution < -0.4 is 11.1 Å². The van der Waals surface area contributed by atoms with E-state index in [1.807, 2.05) is 6.92 Å². The van der Waals surface area contributed by atoms with Gasteiger partial charge in [0.15, 0.2) is 0 Å². The number of halogens is 1. The summed E-state index contributed by atoms with van der Waals surface area (Å²) in [5.41, 5.74) is 6.05. The van der Waals surface area contributed by atoms with Gasteiger partial charge in [-0.15, -0.1) is 0 Å². The molecule has 0 heterocycles. The molecule has 1 aromatic rings. The van der Waals surface area contributed by atoms with Crippen LogP contribution in [0.1, 0.15) is 36.5 Å². The SMILES string of the molecule is CC(CC1CC1)NC(=O)c1cc(N)cc(F)c1. The topological polar surface area (TPSA) is 55.1 Å². The van der Waals surface area contributed by atoms with Crippen molar-refractivity contribution < 1.29 is 9.18 Å². The molecule has 1 aliphatic carbocycles. The first-order valence-corrected chi connectivity index (χ1v) is 5.91. The van der Waals surface area contributed by atoms with Crippen LogP contribution in [0.25, 0.3) is 0 Å². The normalized spacial score (nSPS) is 16.6. The van der Waals surface area contributed by atoms with E-state index in [9.17, 15) is 9.18 Å². The van der Waals surface area contributed by atoms with E-state index in [1.165, 1.54) is 31.0 Å². The number of anilines is 1. The molecule has 2 rings (SSSR count). The van der Waals surface area contributed by atoms with Gasteiger partial charge in [-0.1, -0.05) is 12.8 Å². The van der Waals surface area contributed by atoms with E-state index in [2.05, 4.69) is 5.32 Å². The molecule has 3 N–H and O–H groups in total. The Morgan fingerprint density at radius 3 is 2.82 bits per heavy atom. The largest absolute Gasteiger partial charge is 0.399 e. The van der Waals surface area contributed by atoms with Crippen LogP contribution in [-0.2, 0) is 0 Å². The number of nitrogens with one attached hydrogen (secondary N) is 1. The predicted octanol–water partition coefficient (Wildman–Crippen LogP) is 2.33. The second kappa shape index (κ2) is 4.73. The Bertz CT molecular complexity index is 409. The number of nitrogens with two attached hydrogens (primary N) is 1. The molecular formula is C13H17FN2O. The molecule has 3 nitrogen and oxygen atoms in total. The zero-order chi connectivity index (χ0) is 12.4. The lowest BCUT2D eigenvalue weighted by Gasteiger charge is -2.13. The quantitative estimate of drug-likeness (QED) is 0.788. The molecule has 0 aliphatic heterocycles. The molecule has 17 heavy (non-hydrogen) atoms. The first-order valence-electron chi connectivity index (χ1n) is 5.91. The zero-order valence-corrected chi connectivity index (χ0v) is 9.87. The molecule has 1 aromatic carbocycles. The molecule has 1 aliphatic rings. The number of nitrogen functional groups attached to an aromatic ring is 1. The molecule has 1 atom stereocenters. The average Bonchev–Trinajstić information content (AvgIpc) is 2.99. The monoisotopic (exact) mass is 236 g/mol. The fourth-order valence-electron chi connectivity index (χ4n) is 1.96. The molecule has 1 unspecified atom stereocenters. The van der Waals surface area contributed by atoms with Gasteiger partial charge in [0.2, 0.25) is 0 Å². The summed E-state index contributed by atoms with van der Waals surface area (Å²) < 4.78 is 13.1. The molecule has 0 radical (unpaired) electrons. The Kier molecular flexibility index (Phi) is 3.31. The van der Waals surface area contributed by atoms with E-state index >= 15 is 0 Å². The van der Waals surface area contributed by atoms with Gasteiger partial charge in [0, 0.05) is 17.3 Å². The van der Waals surface area contributed by atoms with Crippen molar-refractivity contribution in [2.75, 3.05) is 5.73 Å². The summed E-state index contributed by atoms with van der Waals surface area (Å²) in [4.78, 5) is 11.8. The minimum absolute atomic E-state index is 0.125. The van der Waals surface area contributed by atoms with Crippen molar-refractivity contribution in [2.45, 2.75) is 32.2 Å². The fourth-order valence-corrected chi connectivity index (χ4v) is 1.96. The van der Waals surface area contributed by atoms with Crippen LogP contribution in [-0.4, -0.2) is 11.9 Å². The van der Waals surface area contributed by atoms with Crippen molar-refractivity contribution in [1.82, 2.24) is 5.32 Å². The van der Waals surface area contributed by atoms with Crippen molar-refractivity contribution in [3.8, 4) is 0 Å². The molecule has 0 spiro atoms. The van der Waals surface area contributed by atoms with Gasteiger partial charge in [-0.05, 0) is 37.5 Å². The summed E-state index contributed by atoms with van der Waals surface area (Å²) in [7, 11) is 0. The number of hydrogen-bond acceptors (Lipinski definition) is 2. The summed E-state index contributed by atoms with van der Waals surface area (Å²) in [6, 6.07) is 4.02. The molecule has 4 heteroatoms. The van der Waals surface area contributed by atoms with Crippen LogP contribution in [0.3, 0.4) is 0 Å². The van der Waals surface area contributed by atoms with E-state index in [-0.39, 0.29) is 23.2 Å². The van der Waals surface area contributed by atoms with E-state index in [4.69, 9.17) is 5.73 Å². The van der Waals surface area contributed by atoms with Gasteiger partial charge >= 0.3 is 0 Å². The van der Waals surface area contributed by atoms with Crippen molar-refractivity contribution in [3.63, 3.8) is 0 Å². The molecule has 0 aromatic heterocycles. The van der Waals surface area contributed by atoms with E-state index < -0.39 is 5.82 Å². The summed E-state index contributed by atoms with van der Waals surface area (Å²) in [6.07, 6.45) is 3.51. The lowest BCUT2D eigenvalue weighted by molar-refractivity contribution is 0.0937. The number of benzene rings is 1. The Morgan fingerprint density at radius 2 is 2.24 bits per heavy atom. The third-order valence-electron chi connectivity index (χ3n) is 2.94. The van der Waals surface area contributed by atoms with Crippen molar-refractivity contribution in [1.29, 1.82) is 0 Å². The molecule has 1 fully saturated rings. The van der Waals surface area contributed by atoms with Crippen LogP contribution >= 0.6 is 0 Å². The maximum absolute atomic E-state index is 13.1. The third kappa shape index (κ3) is 3.44. The summed E-state index contributed by atoms with van der Waals surface area (Å²) in [5.74, 6) is 0.0113. The maximum atomic E-state index is 13.1. The Balaban J connectivity index is 1.97. The highest BCUT2D eigenvalue weighted by Crippen LogP contribution is 2.33. The van der Waals surface area contributed by atoms with Gasteiger partial charge < -0.3 is 11.1 Å². The van der Waals surface area contributed by atoms with E-state index in [1.54, 1.807) is 0 Å². The van der Waals surface area contributed by atoms with Gasteiger partial charge in [0.05, 0.1) is 0 Å². The van der Waals surface area contributed by atoms with Gasteiger partial charge in [0.25, 0.3) is 5.91 Å². The van der Waals surface area contributed by atoms with Gasteiger partial charge in [0.1, 0.15) is 5.82 Å². The average molecular weight is 236 g/mol. The Morgan fingerprint density at radius 1 is 1.53 bits per heavy atom. The van der Waals surface area contributed by atoms with E-state index in [0.717, 1.165) is 12.3 Å². The highest BCUT2D eigenvalue weighted by molar-refractivity contribution is 5.95. The smallest absolute Gasteiger partial charge is 0.251 e. The van der Waals surface area contributed by atoms with Crippen LogP contribution in [0.15, 0.2) is 18.2 Å². The zero-order valence-electron chi connectivity index (χ0n) is 9.87. The lowest BCUT2D eigenvalue weighted by Crippen LogP contribution is -2.33. The molecule has 0 saturated heterocycles. The van der Waals surface area contributed by atoms with Gasteiger partial charge in [-0.2, -0.15) is 0 Å². The predicted molar refractivity (Wildman–Crippen MR) is 65.1 cm³/mol. The lowest BCUT2D eigenvalue weighted by atomic mass is 10.1.